The zero-order valence-electron chi connectivity index (χ0n) is 8.28. The quantitative estimate of drug-likeness (QED) is 0.528. The number of rotatable bonds is 3. The molecule has 0 amide bonds. The van der Waals surface area contributed by atoms with Crippen LogP contribution in [0.25, 0.3) is 0 Å². The molecule has 0 saturated heterocycles. The van der Waals surface area contributed by atoms with Gasteiger partial charge in [-0.2, -0.15) is 0 Å². The van der Waals surface area contributed by atoms with Crippen molar-refractivity contribution in [3.05, 3.63) is 35.0 Å². The van der Waals surface area contributed by atoms with Crippen molar-refractivity contribution < 1.29 is 4.74 Å². The summed E-state index contributed by atoms with van der Waals surface area (Å²) in [6, 6.07) is 0. The molecular weight excluding hydrogens is 216 g/mol. The predicted molar refractivity (Wildman–Crippen MR) is 59.3 cm³/mol. The van der Waals surface area contributed by atoms with Crippen molar-refractivity contribution in [3.63, 3.8) is 0 Å². The summed E-state index contributed by atoms with van der Waals surface area (Å²) >= 11 is 3.30. The summed E-state index contributed by atoms with van der Waals surface area (Å²) in [6.45, 7) is 13.2. The molecule has 70 valence electrons. The lowest BCUT2D eigenvalue weighted by molar-refractivity contribution is 0.302. The minimum atomic E-state index is 0.659. The lowest BCUT2D eigenvalue weighted by atomic mass is 10.2. The molecule has 0 aliphatic carbocycles. The summed E-state index contributed by atoms with van der Waals surface area (Å²) in [4.78, 5) is 0. The molecule has 0 bridgehead atoms. The van der Waals surface area contributed by atoms with Crippen molar-refractivity contribution in [1.82, 2.24) is 0 Å². The Hall–Kier alpha value is -0.500. The van der Waals surface area contributed by atoms with Gasteiger partial charge in [0.1, 0.15) is 5.76 Å². The number of methoxy groups -OCH3 is 1. The Morgan fingerprint density at radius 2 is 1.83 bits per heavy atom. The van der Waals surface area contributed by atoms with E-state index in [2.05, 4.69) is 29.1 Å². The largest absolute Gasteiger partial charge is 0.497 e. The molecule has 0 heterocycles. The highest BCUT2D eigenvalue weighted by Crippen LogP contribution is 2.18. The Morgan fingerprint density at radius 1 is 1.42 bits per heavy atom. The second-order valence-electron chi connectivity index (χ2n) is 1.80. The SMILES string of the molecule is C=C/C(Br)=C(/C)C(=C)OC.CC. The van der Waals surface area contributed by atoms with Gasteiger partial charge in [0, 0.05) is 10.1 Å². The van der Waals surface area contributed by atoms with Gasteiger partial charge in [0.15, 0.2) is 0 Å². The summed E-state index contributed by atoms with van der Waals surface area (Å²) in [5, 5.41) is 0. The molecule has 0 aromatic heterocycles. The second-order valence-corrected chi connectivity index (χ2v) is 2.66. The Morgan fingerprint density at radius 3 is 2.08 bits per heavy atom. The molecule has 0 spiro atoms. The van der Waals surface area contributed by atoms with E-state index in [-0.39, 0.29) is 0 Å². The monoisotopic (exact) mass is 232 g/mol. The summed E-state index contributed by atoms with van der Waals surface area (Å²) < 4.78 is 5.82. The first-order chi connectivity index (χ1) is 5.63. The molecule has 0 aromatic carbocycles. The standard InChI is InChI=1S/C8H11BrO.C2H6/c1-5-8(9)6(2)7(3)10-4;1-2/h5H,1,3H2,2,4H3;1-2H3/b8-6+;. The lowest BCUT2D eigenvalue weighted by Gasteiger charge is -2.04. The molecule has 1 nitrogen and oxygen atoms in total. The molecule has 0 saturated carbocycles. The maximum atomic E-state index is 4.90. The Labute approximate surface area is 83.9 Å². The molecule has 0 aromatic rings. The second kappa shape index (κ2) is 8.60. The fraction of sp³-hybridized carbons (Fsp3) is 0.400. The third-order valence-corrected chi connectivity index (χ3v) is 2.12. The van der Waals surface area contributed by atoms with Gasteiger partial charge < -0.3 is 4.74 Å². The van der Waals surface area contributed by atoms with Gasteiger partial charge in [-0.05, 0) is 6.92 Å². The summed E-state index contributed by atoms with van der Waals surface area (Å²) in [7, 11) is 1.59. The molecule has 0 fully saturated rings. The molecule has 0 unspecified atom stereocenters. The van der Waals surface area contributed by atoms with E-state index in [1.54, 1.807) is 13.2 Å². The van der Waals surface area contributed by atoms with Crippen molar-refractivity contribution in [2.75, 3.05) is 7.11 Å². The van der Waals surface area contributed by atoms with Gasteiger partial charge in [-0.15, -0.1) is 0 Å². The van der Waals surface area contributed by atoms with E-state index in [0.717, 1.165) is 10.1 Å². The van der Waals surface area contributed by atoms with Crippen molar-refractivity contribution in [2.45, 2.75) is 20.8 Å². The first-order valence-electron chi connectivity index (χ1n) is 3.85. The van der Waals surface area contributed by atoms with Crippen LogP contribution >= 0.6 is 15.9 Å². The lowest BCUT2D eigenvalue weighted by Crippen LogP contribution is -1.87. The number of halogens is 1. The molecule has 0 atom stereocenters. The van der Waals surface area contributed by atoms with E-state index in [4.69, 9.17) is 4.74 Å². The smallest absolute Gasteiger partial charge is 0.115 e. The number of hydrogen-bond acceptors (Lipinski definition) is 1. The summed E-state index contributed by atoms with van der Waals surface area (Å²) in [5.74, 6) is 0.659. The van der Waals surface area contributed by atoms with Crippen molar-refractivity contribution >= 4 is 15.9 Å². The highest BCUT2D eigenvalue weighted by Gasteiger charge is 1.98. The van der Waals surface area contributed by atoms with E-state index < -0.39 is 0 Å². The van der Waals surface area contributed by atoms with E-state index in [0.29, 0.717) is 5.76 Å². The zero-order chi connectivity index (χ0) is 10.1. The normalized spacial score (nSPS) is 10.4. The number of ether oxygens (including phenoxy) is 1. The van der Waals surface area contributed by atoms with E-state index in [9.17, 15) is 0 Å². The van der Waals surface area contributed by atoms with Crippen LogP contribution in [0.15, 0.2) is 35.0 Å². The van der Waals surface area contributed by atoms with E-state index in [1.807, 2.05) is 20.8 Å². The third-order valence-electron chi connectivity index (χ3n) is 1.20. The van der Waals surface area contributed by atoms with Gasteiger partial charge in [-0.25, -0.2) is 0 Å². The minimum Gasteiger partial charge on any atom is -0.497 e. The average molecular weight is 233 g/mol. The molecular formula is C10H17BrO. The van der Waals surface area contributed by atoms with Gasteiger partial charge in [0.05, 0.1) is 7.11 Å². The zero-order valence-corrected chi connectivity index (χ0v) is 9.86. The molecule has 0 aliphatic heterocycles. The van der Waals surface area contributed by atoms with Crippen molar-refractivity contribution in [1.29, 1.82) is 0 Å². The first kappa shape index (κ1) is 14.0. The average Bonchev–Trinajstić information content (AvgIpc) is 2.17. The van der Waals surface area contributed by atoms with Crippen LogP contribution in [0.3, 0.4) is 0 Å². The van der Waals surface area contributed by atoms with Crippen LogP contribution in [0.5, 0.6) is 0 Å². The highest BCUT2D eigenvalue weighted by atomic mass is 79.9. The molecule has 0 radical (unpaired) electrons. The fourth-order valence-corrected chi connectivity index (χ4v) is 0.660. The van der Waals surface area contributed by atoms with Crippen LogP contribution < -0.4 is 0 Å². The van der Waals surface area contributed by atoms with Crippen LogP contribution in [-0.4, -0.2) is 7.11 Å². The molecule has 0 aliphatic rings. The topological polar surface area (TPSA) is 9.23 Å². The molecule has 2 heteroatoms. The number of allylic oxidation sites excluding steroid dienone is 3. The molecule has 0 N–H and O–H groups in total. The Bertz CT molecular complexity index is 180. The summed E-state index contributed by atoms with van der Waals surface area (Å²) in [6.07, 6.45) is 1.71. The Kier molecular flexibility index (Phi) is 10.1. The van der Waals surface area contributed by atoms with Gasteiger partial charge in [0.25, 0.3) is 0 Å². The van der Waals surface area contributed by atoms with Crippen molar-refractivity contribution in [3.8, 4) is 0 Å². The third kappa shape index (κ3) is 5.19. The number of hydrogen-bond donors (Lipinski definition) is 0. The van der Waals surface area contributed by atoms with Crippen LogP contribution in [0, 0.1) is 0 Å². The van der Waals surface area contributed by atoms with Gasteiger partial charge in [0.2, 0.25) is 0 Å². The molecule has 12 heavy (non-hydrogen) atoms. The summed E-state index contributed by atoms with van der Waals surface area (Å²) in [5.41, 5.74) is 0.970. The van der Waals surface area contributed by atoms with Crippen LogP contribution in [0.2, 0.25) is 0 Å². The maximum absolute atomic E-state index is 4.90. The van der Waals surface area contributed by atoms with Gasteiger partial charge in [-0.1, -0.05) is 49.0 Å². The Balaban J connectivity index is 0. The van der Waals surface area contributed by atoms with E-state index >= 15 is 0 Å². The van der Waals surface area contributed by atoms with Crippen LogP contribution in [0.1, 0.15) is 20.8 Å². The van der Waals surface area contributed by atoms with Gasteiger partial charge >= 0.3 is 0 Å². The fourth-order valence-electron chi connectivity index (χ4n) is 0.439. The minimum absolute atomic E-state index is 0.659. The first-order valence-corrected chi connectivity index (χ1v) is 4.64. The highest BCUT2D eigenvalue weighted by molar-refractivity contribution is 9.11. The van der Waals surface area contributed by atoms with Gasteiger partial charge in [-0.3, -0.25) is 0 Å². The molecule has 0 rings (SSSR count). The van der Waals surface area contributed by atoms with Crippen LogP contribution in [-0.2, 0) is 4.74 Å². The van der Waals surface area contributed by atoms with Crippen molar-refractivity contribution in [2.24, 2.45) is 0 Å². The maximum Gasteiger partial charge on any atom is 0.115 e. The van der Waals surface area contributed by atoms with E-state index in [1.165, 1.54) is 0 Å². The van der Waals surface area contributed by atoms with Crippen LogP contribution in [0.4, 0.5) is 0 Å². The predicted octanol–water partition coefficient (Wildman–Crippen LogP) is 4.03.